The molecule has 0 spiro atoms. The Morgan fingerprint density at radius 2 is 2.24 bits per heavy atom. The van der Waals surface area contributed by atoms with E-state index >= 15 is 0 Å². The van der Waals surface area contributed by atoms with Crippen LogP contribution in [-0.2, 0) is 13.0 Å². The number of aliphatic hydroxyl groups excluding tert-OH is 1. The lowest BCUT2D eigenvalue weighted by Crippen LogP contribution is -2.10. The molecule has 2 aromatic heterocycles. The Morgan fingerprint density at radius 3 is 2.94 bits per heavy atom. The average Bonchev–Trinajstić information content (AvgIpc) is 2.77. The van der Waals surface area contributed by atoms with Gasteiger partial charge in [-0.2, -0.15) is 5.10 Å². The fraction of sp³-hybridized carbons (Fsp3) is 0.333. The van der Waals surface area contributed by atoms with Gasteiger partial charge < -0.3 is 10.8 Å². The molecule has 2 rings (SSSR count). The van der Waals surface area contributed by atoms with Crippen LogP contribution in [0, 0.1) is 0 Å². The molecule has 0 aliphatic carbocycles. The van der Waals surface area contributed by atoms with Crippen molar-refractivity contribution in [1.29, 1.82) is 0 Å². The first kappa shape index (κ1) is 11.6. The van der Waals surface area contributed by atoms with Crippen LogP contribution in [0.2, 0.25) is 0 Å². The summed E-state index contributed by atoms with van der Waals surface area (Å²) in [6.07, 6.45) is 3.29. The fourth-order valence-corrected chi connectivity index (χ4v) is 1.84. The van der Waals surface area contributed by atoms with Gasteiger partial charge in [0, 0.05) is 25.4 Å². The second-order valence-electron chi connectivity index (χ2n) is 3.88. The molecule has 0 aromatic carbocycles. The maximum atomic E-state index is 10.1. The fourth-order valence-electron chi connectivity index (χ4n) is 1.84. The van der Waals surface area contributed by atoms with E-state index < -0.39 is 6.10 Å². The first-order valence-electron chi connectivity index (χ1n) is 5.61. The van der Waals surface area contributed by atoms with E-state index in [2.05, 4.69) is 10.1 Å². The highest BCUT2D eigenvalue weighted by molar-refractivity contribution is 5.32. The van der Waals surface area contributed by atoms with Gasteiger partial charge in [0.1, 0.15) is 5.82 Å². The molecule has 0 aliphatic heterocycles. The predicted molar refractivity (Wildman–Crippen MR) is 65.2 cm³/mol. The standard InChI is InChI=1S/C12H16N4O/c1-2-16-10(4-6-15-16)11(17)7-9-3-5-14-12(13)8-9/h3-6,8,11,17H,2,7H2,1H3,(H2,13,14). The Kier molecular flexibility index (Phi) is 3.39. The number of hydrogen-bond donors (Lipinski definition) is 2. The highest BCUT2D eigenvalue weighted by atomic mass is 16.3. The number of anilines is 1. The van der Waals surface area contributed by atoms with Crippen LogP contribution in [0.3, 0.4) is 0 Å². The van der Waals surface area contributed by atoms with E-state index in [1.165, 1.54) is 0 Å². The van der Waals surface area contributed by atoms with Crippen molar-refractivity contribution < 1.29 is 5.11 Å². The van der Waals surface area contributed by atoms with Crippen molar-refractivity contribution >= 4 is 5.82 Å². The summed E-state index contributed by atoms with van der Waals surface area (Å²) in [6, 6.07) is 5.46. The Balaban J connectivity index is 2.14. The molecule has 1 atom stereocenters. The van der Waals surface area contributed by atoms with E-state index in [0.717, 1.165) is 17.8 Å². The van der Waals surface area contributed by atoms with Crippen molar-refractivity contribution in [1.82, 2.24) is 14.8 Å². The van der Waals surface area contributed by atoms with Crippen LogP contribution in [-0.4, -0.2) is 19.9 Å². The number of hydrogen-bond acceptors (Lipinski definition) is 4. The van der Waals surface area contributed by atoms with E-state index in [-0.39, 0.29) is 0 Å². The van der Waals surface area contributed by atoms with Gasteiger partial charge in [0.25, 0.3) is 0 Å². The molecular weight excluding hydrogens is 216 g/mol. The number of aliphatic hydroxyl groups is 1. The van der Waals surface area contributed by atoms with E-state index in [9.17, 15) is 5.11 Å². The lowest BCUT2D eigenvalue weighted by Gasteiger charge is -2.12. The van der Waals surface area contributed by atoms with Gasteiger partial charge in [0.05, 0.1) is 11.8 Å². The van der Waals surface area contributed by atoms with Crippen LogP contribution in [0.4, 0.5) is 5.82 Å². The average molecular weight is 232 g/mol. The van der Waals surface area contributed by atoms with Crippen molar-refractivity contribution in [2.45, 2.75) is 26.0 Å². The van der Waals surface area contributed by atoms with Crippen LogP contribution < -0.4 is 5.73 Å². The highest BCUT2D eigenvalue weighted by Crippen LogP contribution is 2.18. The van der Waals surface area contributed by atoms with Crippen LogP contribution in [0.25, 0.3) is 0 Å². The highest BCUT2D eigenvalue weighted by Gasteiger charge is 2.13. The minimum atomic E-state index is -0.570. The minimum Gasteiger partial charge on any atom is -0.386 e. The molecule has 0 saturated carbocycles. The van der Waals surface area contributed by atoms with Gasteiger partial charge >= 0.3 is 0 Å². The quantitative estimate of drug-likeness (QED) is 0.829. The third-order valence-corrected chi connectivity index (χ3v) is 2.66. The summed E-state index contributed by atoms with van der Waals surface area (Å²) in [5.41, 5.74) is 7.39. The Labute approximate surface area is 99.9 Å². The second kappa shape index (κ2) is 4.97. The first-order chi connectivity index (χ1) is 8.20. The number of aryl methyl sites for hydroxylation is 1. The molecule has 0 fully saturated rings. The topological polar surface area (TPSA) is 77.0 Å². The monoisotopic (exact) mass is 232 g/mol. The number of pyridine rings is 1. The van der Waals surface area contributed by atoms with Gasteiger partial charge in [0.2, 0.25) is 0 Å². The molecule has 3 N–H and O–H groups in total. The summed E-state index contributed by atoms with van der Waals surface area (Å²) in [6.45, 7) is 2.74. The van der Waals surface area contributed by atoms with Crippen molar-refractivity contribution in [2.75, 3.05) is 5.73 Å². The number of nitrogens with two attached hydrogens (primary N) is 1. The van der Waals surface area contributed by atoms with Gasteiger partial charge in [-0.1, -0.05) is 0 Å². The molecule has 0 saturated heterocycles. The van der Waals surface area contributed by atoms with E-state index in [0.29, 0.717) is 12.2 Å². The molecule has 0 aliphatic rings. The summed E-state index contributed by atoms with van der Waals surface area (Å²) >= 11 is 0. The second-order valence-corrected chi connectivity index (χ2v) is 3.88. The molecule has 5 nitrogen and oxygen atoms in total. The summed E-state index contributed by atoms with van der Waals surface area (Å²) in [5, 5.41) is 14.3. The lowest BCUT2D eigenvalue weighted by molar-refractivity contribution is 0.167. The van der Waals surface area contributed by atoms with E-state index in [1.807, 2.05) is 19.1 Å². The molecule has 2 heterocycles. The number of nitrogens with zero attached hydrogens (tertiary/aromatic N) is 3. The molecule has 0 radical (unpaired) electrons. The largest absolute Gasteiger partial charge is 0.386 e. The van der Waals surface area contributed by atoms with Gasteiger partial charge in [-0.3, -0.25) is 4.68 Å². The Hall–Kier alpha value is -1.88. The Morgan fingerprint density at radius 1 is 1.41 bits per heavy atom. The van der Waals surface area contributed by atoms with Gasteiger partial charge in [-0.25, -0.2) is 4.98 Å². The predicted octanol–water partition coefficient (Wildman–Crippen LogP) is 1.16. The molecule has 0 amide bonds. The molecule has 17 heavy (non-hydrogen) atoms. The van der Waals surface area contributed by atoms with Crippen molar-refractivity contribution in [3.05, 3.63) is 41.9 Å². The van der Waals surface area contributed by atoms with Crippen molar-refractivity contribution in [3.63, 3.8) is 0 Å². The lowest BCUT2D eigenvalue weighted by atomic mass is 10.1. The molecule has 90 valence electrons. The molecule has 2 aromatic rings. The summed E-state index contributed by atoms with van der Waals surface area (Å²) in [5.74, 6) is 0.471. The molecular formula is C12H16N4O. The maximum absolute atomic E-state index is 10.1. The first-order valence-corrected chi connectivity index (χ1v) is 5.61. The Bertz CT molecular complexity index is 495. The third-order valence-electron chi connectivity index (χ3n) is 2.66. The van der Waals surface area contributed by atoms with Crippen LogP contribution in [0.15, 0.2) is 30.6 Å². The van der Waals surface area contributed by atoms with E-state index in [4.69, 9.17) is 5.73 Å². The zero-order valence-electron chi connectivity index (χ0n) is 9.74. The number of rotatable bonds is 4. The summed E-state index contributed by atoms with van der Waals surface area (Å²) < 4.78 is 1.79. The van der Waals surface area contributed by atoms with Gasteiger partial charge in [-0.05, 0) is 30.7 Å². The van der Waals surface area contributed by atoms with E-state index in [1.54, 1.807) is 23.1 Å². The SMILES string of the molecule is CCn1nccc1C(O)Cc1ccnc(N)c1. The number of aromatic nitrogens is 3. The van der Waals surface area contributed by atoms with Crippen LogP contribution in [0.1, 0.15) is 24.3 Å². The normalized spacial score (nSPS) is 12.6. The zero-order chi connectivity index (χ0) is 12.3. The van der Waals surface area contributed by atoms with Gasteiger partial charge in [-0.15, -0.1) is 0 Å². The maximum Gasteiger partial charge on any atom is 0.123 e. The molecule has 0 bridgehead atoms. The van der Waals surface area contributed by atoms with Gasteiger partial charge in [0.15, 0.2) is 0 Å². The van der Waals surface area contributed by atoms with Crippen LogP contribution in [0.5, 0.6) is 0 Å². The molecule has 1 unspecified atom stereocenters. The number of nitrogen functional groups attached to an aromatic ring is 1. The zero-order valence-corrected chi connectivity index (χ0v) is 9.74. The summed E-state index contributed by atoms with van der Waals surface area (Å²) in [4.78, 5) is 3.92. The molecule has 5 heteroatoms. The summed E-state index contributed by atoms with van der Waals surface area (Å²) in [7, 11) is 0. The van der Waals surface area contributed by atoms with Crippen molar-refractivity contribution in [3.8, 4) is 0 Å². The smallest absolute Gasteiger partial charge is 0.123 e. The van der Waals surface area contributed by atoms with Crippen LogP contribution >= 0.6 is 0 Å². The minimum absolute atomic E-state index is 0.471. The third kappa shape index (κ3) is 2.62. The van der Waals surface area contributed by atoms with Crippen molar-refractivity contribution in [2.24, 2.45) is 0 Å².